The van der Waals surface area contributed by atoms with Gasteiger partial charge in [0, 0.05) is 5.33 Å². The summed E-state index contributed by atoms with van der Waals surface area (Å²) in [5.41, 5.74) is 0.938. The lowest BCUT2D eigenvalue weighted by Gasteiger charge is -2.00. The van der Waals surface area contributed by atoms with Crippen LogP contribution in [0.1, 0.15) is 11.3 Å². The number of hydrogen-bond donors (Lipinski definition) is 0. The van der Waals surface area contributed by atoms with Gasteiger partial charge in [0.1, 0.15) is 11.2 Å². The predicted octanol–water partition coefficient (Wildman–Crippen LogP) is 3.15. The van der Waals surface area contributed by atoms with Crippen LogP contribution in [0.5, 0.6) is 0 Å². The molecule has 0 saturated heterocycles. The summed E-state index contributed by atoms with van der Waals surface area (Å²) in [6, 6.07) is 3.41. The average Bonchev–Trinajstić information content (AvgIpc) is 2.03. The molecule has 0 bridgehead atoms. The van der Waals surface area contributed by atoms with E-state index >= 15 is 0 Å². The molecule has 0 atom stereocenters. The van der Waals surface area contributed by atoms with Gasteiger partial charge in [-0.05, 0) is 6.07 Å². The Labute approximate surface area is 88.2 Å². The quantitative estimate of drug-likeness (QED) is 0.578. The van der Waals surface area contributed by atoms with Crippen LogP contribution in [0.25, 0.3) is 0 Å². The largest absolute Gasteiger partial charge is 0.239 e. The minimum atomic E-state index is 0.299. The van der Waals surface area contributed by atoms with Crippen LogP contribution in [0.2, 0.25) is 10.2 Å². The molecule has 2 nitrogen and oxygen atoms in total. The highest BCUT2D eigenvalue weighted by Crippen LogP contribution is 2.22. The Hall–Kier alpha value is -0.300. The fraction of sp³-hybridized carbons (Fsp3) is 0.143. The van der Waals surface area contributed by atoms with Crippen molar-refractivity contribution in [3.8, 4) is 6.07 Å². The summed E-state index contributed by atoms with van der Waals surface area (Å²) >= 11 is 14.6. The molecular formula is C7H3BrCl2N2. The number of nitriles is 1. The van der Waals surface area contributed by atoms with Crippen molar-refractivity contribution in [2.45, 2.75) is 5.33 Å². The molecule has 1 aromatic heterocycles. The molecule has 0 spiro atoms. The summed E-state index contributed by atoms with van der Waals surface area (Å²) in [7, 11) is 0. The van der Waals surface area contributed by atoms with Crippen LogP contribution < -0.4 is 0 Å². The Kier molecular flexibility index (Phi) is 3.33. The average molecular weight is 266 g/mol. The van der Waals surface area contributed by atoms with E-state index in [1.165, 1.54) is 6.07 Å². The molecule has 1 rings (SSSR count). The maximum atomic E-state index is 8.68. The van der Waals surface area contributed by atoms with Crippen molar-refractivity contribution in [1.29, 1.82) is 5.26 Å². The summed E-state index contributed by atoms with van der Waals surface area (Å²) in [5.74, 6) is 0. The molecule has 62 valence electrons. The Morgan fingerprint density at radius 2 is 2.25 bits per heavy atom. The smallest absolute Gasteiger partial charge is 0.130 e. The van der Waals surface area contributed by atoms with Crippen LogP contribution in [0.15, 0.2) is 6.07 Å². The summed E-state index contributed by atoms with van der Waals surface area (Å²) in [6.45, 7) is 0. The number of rotatable bonds is 1. The third-order valence-corrected chi connectivity index (χ3v) is 2.28. The second kappa shape index (κ2) is 4.08. The van der Waals surface area contributed by atoms with E-state index in [0.717, 1.165) is 0 Å². The highest BCUT2D eigenvalue weighted by molar-refractivity contribution is 9.08. The van der Waals surface area contributed by atoms with Crippen LogP contribution in [-0.2, 0) is 5.33 Å². The zero-order valence-electron chi connectivity index (χ0n) is 5.81. The van der Waals surface area contributed by atoms with Crippen molar-refractivity contribution >= 4 is 39.1 Å². The molecule has 0 amide bonds. The molecule has 0 aromatic carbocycles. The number of pyridine rings is 1. The lowest BCUT2D eigenvalue weighted by atomic mass is 10.2. The van der Waals surface area contributed by atoms with Crippen LogP contribution in [0, 0.1) is 11.3 Å². The standard InChI is InChI=1S/C7H3BrCl2N2/c8-2-6-4(3-11)5(9)1-7(10)12-6/h1H,2H2. The summed E-state index contributed by atoms with van der Waals surface area (Å²) in [6.07, 6.45) is 0. The number of nitrogens with zero attached hydrogens (tertiary/aromatic N) is 2. The summed E-state index contributed by atoms with van der Waals surface area (Å²) in [4.78, 5) is 3.93. The van der Waals surface area contributed by atoms with Gasteiger partial charge >= 0.3 is 0 Å². The van der Waals surface area contributed by atoms with Crippen molar-refractivity contribution in [3.05, 3.63) is 27.5 Å². The Morgan fingerprint density at radius 1 is 1.58 bits per heavy atom. The molecule has 0 N–H and O–H groups in total. The first-order valence-corrected chi connectivity index (χ1v) is 4.87. The van der Waals surface area contributed by atoms with E-state index < -0.39 is 0 Å². The molecule has 0 radical (unpaired) electrons. The number of hydrogen-bond acceptors (Lipinski definition) is 2. The van der Waals surface area contributed by atoms with E-state index in [4.69, 9.17) is 28.5 Å². The molecule has 0 unspecified atom stereocenters. The monoisotopic (exact) mass is 264 g/mol. The van der Waals surface area contributed by atoms with Gasteiger partial charge in [-0.15, -0.1) is 0 Å². The fourth-order valence-corrected chi connectivity index (χ4v) is 1.67. The second-order valence-electron chi connectivity index (χ2n) is 1.99. The van der Waals surface area contributed by atoms with E-state index in [1.54, 1.807) is 0 Å². The molecule has 0 aliphatic carbocycles. The maximum Gasteiger partial charge on any atom is 0.130 e. The summed E-state index contributed by atoms with van der Waals surface area (Å²) in [5, 5.41) is 9.79. The molecule has 0 aliphatic heterocycles. The Bertz CT molecular complexity index is 346. The SMILES string of the molecule is N#Cc1c(Cl)cc(Cl)nc1CBr. The third kappa shape index (κ3) is 1.89. The molecule has 0 saturated carbocycles. The highest BCUT2D eigenvalue weighted by Gasteiger charge is 2.08. The lowest BCUT2D eigenvalue weighted by molar-refractivity contribution is 1.16. The second-order valence-corrected chi connectivity index (χ2v) is 3.35. The molecule has 1 aromatic rings. The zero-order valence-corrected chi connectivity index (χ0v) is 8.91. The van der Waals surface area contributed by atoms with Gasteiger partial charge in [-0.3, -0.25) is 0 Å². The zero-order chi connectivity index (χ0) is 9.14. The van der Waals surface area contributed by atoms with Crippen molar-refractivity contribution in [2.24, 2.45) is 0 Å². The van der Waals surface area contributed by atoms with Crippen molar-refractivity contribution < 1.29 is 0 Å². The predicted molar refractivity (Wildman–Crippen MR) is 51.6 cm³/mol. The van der Waals surface area contributed by atoms with Crippen LogP contribution >= 0.6 is 39.1 Å². The Balaban J connectivity index is 3.36. The Morgan fingerprint density at radius 3 is 2.75 bits per heavy atom. The minimum absolute atomic E-state index is 0.299. The fourth-order valence-electron chi connectivity index (χ4n) is 0.746. The number of aromatic nitrogens is 1. The molecular weight excluding hydrogens is 263 g/mol. The van der Waals surface area contributed by atoms with Crippen LogP contribution in [0.4, 0.5) is 0 Å². The van der Waals surface area contributed by atoms with E-state index in [2.05, 4.69) is 20.9 Å². The van der Waals surface area contributed by atoms with Gasteiger partial charge in [-0.1, -0.05) is 39.1 Å². The number of alkyl halides is 1. The van der Waals surface area contributed by atoms with Crippen molar-refractivity contribution in [1.82, 2.24) is 4.98 Å². The number of halogens is 3. The van der Waals surface area contributed by atoms with Crippen molar-refractivity contribution in [3.63, 3.8) is 0 Å². The first kappa shape index (κ1) is 9.79. The first-order valence-electron chi connectivity index (χ1n) is 3.00. The van der Waals surface area contributed by atoms with E-state index in [0.29, 0.717) is 26.8 Å². The normalized spacial score (nSPS) is 9.50. The molecule has 5 heteroatoms. The van der Waals surface area contributed by atoms with Gasteiger partial charge < -0.3 is 0 Å². The highest BCUT2D eigenvalue weighted by atomic mass is 79.9. The lowest BCUT2D eigenvalue weighted by Crippen LogP contribution is -1.92. The van der Waals surface area contributed by atoms with E-state index in [9.17, 15) is 0 Å². The van der Waals surface area contributed by atoms with Crippen molar-refractivity contribution in [2.75, 3.05) is 0 Å². The molecule has 1 heterocycles. The van der Waals surface area contributed by atoms with E-state index in [-0.39, 0.29) is 0 Å². The molecule has 0 fully saturated rings. The first-order chi connectivity index (χ1) is 5.69. The van der Waals surface area contributed by atoms with Gasteiger partial charge in [0.15, 0.2) is 0 Å². The van der Waals surface area contributed by atoms with Crippen LogP contribution in [-0.4, -0.2) is 4.98 Å². The summed E-state index contributed by atoms with van der Waals surface area (Å²) < 4.78 is 0. The van der Waals surface area contributed by atoms with Gasteiger partial charge in [0.2, 0.25) is 0 Å². The van der Waals surface area contributed by atoms with Gasteiger partial charge in [-0.2, -0.15) is 5.26 Å². The topological polar surface area (TPSA) is 36.7 Å². The maximum absolute atomic E-state index is 8.68. The molecule has 0 aliphatic rings. The van der Waals surface area contributed by atoms with Gasteiger partial charge in [0.25, 0.3) is 0 Å². The molecule has 12 heavy (non-hydrogen) atoms. The van der Waals surface area contributed by atoms with Crippen LogP contribution in [0.3, 0.4) is 0 Å². The van der Waals surface area contributed by atoms with E-state index in [1.807, 2.05) is 6.07 Å². The third-order valence-electron chi connectivity index (χ3n) is 1.25. The van der Waals surface area contributed by atoms with Gasteiger partial charge in [0.05, 0.1) is 16.3 Å². The minimum Gasteiger partial charge on any atom is -0.239 e. The van der Waals surface area contributed by atoms with Gasteiger partial charge in [-0.25, -0.2) is 4.98 Å².